The van der Waals surface area contributed by atoms with E-state index in [9.17, 15) is 9.18 Å². The molecular weight excluding hydrogens is 381 g/mol. The molecule has 0 aromatic heterocycles. The van der Waals surface area contributed by atoms with Crippen molar-refractivity contribution < 1.29 is 18.7 Å². The number of nitrogens with one attached hydrogen (secondary N) is 1. The molecule has 28 heavy (non-hydrogen) atoms. The van der Waals surface area contributed by atoms with Crippen LogP contribution >= 0.6 is 11.6 Å². The van der Waals surface area contributed by atoms with E-state index in [1.54, 1.807) is 24.3 Å². The first-order chi connectivity index (χ1) is 13.2. The van der Waals surface area contributed by atoms with Gasteiger partial charge in [-0.05, 0) is 57.2 Å². The highest BCUT2D eigenvalue weighted by Crippen LogP contribution is 2.37. The number of hydrogen-bond donors (Lipinski definition) is 1. The molecule has 0 aliphatic carbocycles. The molecule has 2 aromatic carbocycles. The van der Waals surface area contributed by atoms with E-state index in [-0.39, 0.29) is 5.91 Å². The Labute approximate surface area is 168 Å². The lowest BCUT2D eigenvalue weighted by Crippen LogP contribution is -2.32. The summed E-state index contributed by atoms with van der Waals surface area (Å²) in [7, 11) is 0. The Morgan fingerprint density at radius 3 is 2.75 bits per heavy atom. The first-order valence-corrected chi connectivity index (χ1v) is 9.23. The molecule has 0 bridgehead atoms. The van der Waals surface area contributed by atoms with Gasteiger partial charge in [0.15, 0.2) is 5.60 Å². The van der Waals surface area contributed by atoms with Crippen LogP contribution in [0.2, 0.25) is 5.02 Å². The van der Waals surface area contributed by atoms with Gasteiger partial charge in [-0.3, -0.25) is 4.79 Å². The largest absolute Gasteiger partial charge is 0.495 e. The molecule has 6 heteroatoms. The number of fused-ring (bicyclic) bond motifs is 1. The lowest BCUT2D eigenvalue weighted by molar-refractivity contribution is -0.110. The second-order valence-electron chi connectivity index (χ2n) is 6.85. The standard InChI is InChI=1S/C22H21ClFNO3/c1-5-27-13(2)22(3,4)28-20-9-7-16(24)10-14(20)11-18-17-8-6-15(23)12-19(17)25-21(18)26/h6-12H,2,5H2,1,3-4H3,(H,25,26)/b18-11+. The fourth-order valence-electron chi connectivity index (χ4n) is 2.87. The van der Waals surface area contributed by atoms with Crippen molar-refractivity contribution in [1.29, 1.82) is 0 Å². The summed E-state index contributed by atoms with van der Waals surface area (Å²) in [5.74, 6) is 0.146. The highest BCUT2D eigenvalue weighted by atomic mass is 35.5. The van der Waals surface area contributed by atoms with Crippen molar-refractivity contribution >= 4 is 34.8 Å². The van der Waals surface area contributed by atoms with Gasteiger partial charge in [0.25, 0.3) is 5.91 Å². The molecule has 0 radical (unpaired) electrons. The van der Waals surface area contributed by atoms with Crippen molar-refractivity contribution in [1.82, 2.24) is 0 Å². The number of halogens is 2. The molecule has 0 saturated heterocycles. The van der Waals surface area contributed by atoms with E-state index in [4.69, 9.17) is 21.1 Å². The maximum atomic E-state index is 13.9. The predicted molar refractivity (Wildman–Crippen MR) is 110 cm³/mol. The average Bonchev–Trinajstić information content (AvgIpc) is 2.92. The van der Waals surface area contributed by atoms with Gasteiger partial charge in [0.05, 0.1) is 12.3 Å². The maximum Gasteiger partial charge on any atom is 0.256 e. The maximum absolute atomic E-state index is 13.9. The van der Waals surface area contributed by atoms with Crippen molar-refractivity contribution in [2.24, 2.45) is 0 Å². The molecule has 0 atom stereocenters. The summed E-state index contributed by atoms with van der Waals surface area (Å²) in [5, 5.41) is 3.29. The van der Waals surface area contributed by atoms with Gasteiger partial charge < -0.3 is 14.8 Å². The van der Waals surface area contributed by atoms with Gasteiger partial charge in [0.2, 0.25) is 0 Å². The minimum Gasteiger partial charge on any atom is -0.495 e. The molecular formula is C22H21ClFNO3. The van der Waals surface area contributed by atoms with Crippen molar-refractivity contribution in [3.05, 3.63) is 70.7 Å². The van der Waals surface area contributed by atoms with Crippen LogP contribution in [0.1, 0.15) is 31.9 Å². The fourth-order valence-corrected chi connectivity index (χ4v) is 3.04. The smallest absolute Gasteiger partial charge is 0.256 e. The van der Waals surface area contributed by atoms with Crippen molar-refractivity contribution in [3.8, 4) is 5.75 Å². The van der Waals surface area contributed by atoms with E-state index >= 15 is 0 Å². The second kappa shape index (κ2) is 7.68. The molecule has 1 heterocycles. The van der Waals surface area contributed by atoms with E-state index in [0.717, 1.165) is 0 Å². The molecule has 0 saturated carbocycles. The number of anilines is 1. The summed E-state index contributed by atoms with van der Waals surface area (Å²) in [5.41, 5.74) is 1.31. The van der Waals surface area contributed by atoms with Gasteiger partial charge >= 0.3 is 0 Å². The number of ether oxygens (including phenoxy) is 2. The first kappa shape index (κ1) is 20.0. The Kier molecular flexibility index (Phi) is 5.47. The lowest BCUT2D eigenvalue weighted by atomic mass is 10.0. The van der Waals surface area contributed by atoms with Crippen LogP contribution in [0.4, 0.5) is 10.1 Å². The number of carbonyl (C=O) groups excluding carboxylic acids is 1. The normalized spacial score (nSPS) is 14.6. The SMILES string of the molecule is C=C(OCC)C(C)(C)Oc1ccc(F)cc1/C=C1/C(=O)Nc2cc(Cl)ccc21. The molecule has 2 aromatic rings. The van der Waals surface area contributed by atoms with Crippen LogP contribution in [0.15, 0.2) is 48.7 Å². The highest BCUT2D eigenvalue weighted by molar-refractivity contribution is 6.36. The van der Waals surface area contributed by atoms with Crippen LogP contribution in [-0.4, -0.2) is 18.1 Å². The van der Waals surface area contributed by atoms with E-state index in [0.29, 0.717) is 45.5 Å². The third-order valence-corrected chi connectivity index (χ3v) is 4.63. The first-order valence-electron chi connectivity index (χ1n) is 8.85. The van der Waals surface area contributed by atoms with E-state index in [1.807, 2.05) is 20.8 Å². The topological polar surface area (TPSA) is 47.6 Å². The zero-order valence-corrected chi connectivity index (χ0v) is 16.7. The van der Waals surface area contributed by atoms with Gasteiger partial charge in [-0.1, -0.05) is 24.2 Å². The summed E-state index contributed by atoms with van der Waals surface area (Å²) < 4.78 is 25.5. The zero-order valence-electron chi connectivity index (χ0n) is 15.9. The van der Waals surface area contributed by atoms with Crippen LogP contribution in [0.5, 0.6) is 5.75 Å². The van der Waals surface area contributed by atoms with Crippen LogP contribution < -0.4 is 10.1 Å². The minimum atomic E-state index is -0.843. The quantitative estimate of drug-likeness (QED) is 0.500. The molecule has 1 aliphatic rings. The summed E-state index contributed by atoms with van der Waals surface area (Å²) in [6.45, 7) is 9.84. The van der Waals surface area contributed by atoms with E-state index in [1.165, 1.54) is 18.2 Å². The van der Waals surface area contributed by atoms with E-state index in [2.05, 4.69) is 11.9 Å². The number of hydrogen-bond acceptors (Lipinski definition) is 3. The number of benzene rings is 2. The highest BCUT2D eigenvalue weighted by Gasteiger charge is 2.28. The number of rotatable bonds is 6. The summed E-state index contributed by atoms with van der Waals surface area (Å²) >= 11 is 5.99. The number of carbonyl (C=O) groups is 1. The van der Waals surface area contributed by atoms with Gasteiger partial charge in [0, 0.05) is 21.7 Å². The third kappa shape index (κ3) is 4.04. The van der Waals surface area contributed by atoms with Crippen LogP contribution in [0.25, 0.3) is 11.6 Å². The van der Waals surface area contributed by atoms with Crippen molar-refractivity contribution in [2.75, 3.05) is 11.9 Å². The van der Waals surface area contributed by atoms with Crippen LogP contribution in [0, 0.1) is 5.82 Å². The Hall–Kier alpha value is -2.79. The van der Waals surface area contributed by atoms with Gasteiger partial charge in [-0.15, -0.1) is 0 Å². The Morgan fingerprint density at radius 2 is 2.04 bits per heavy atom. The molecule has 146 valence electrons. The van der Waals surface area contributed by atoms with Crippen LogP contribution in [-0.2, 0) is 9.53 Å². The monoisotopic (exact) mass is 401 g/mol. The Morgan fingerprint density at radius 1 is 1.29 bits per heavy atom. The van der Waals surface area contributed by atoms with Gasteiger partial charge in [0.1, 0.15) is 17.3 Å². The van der Waals surface area contributed by atoms with E-state index < -0.39 is 11.4 Å². The van der Waals surface area contributed by atoms with Crippen molar-refractivity contribution in [2.45, 2.75) is 26.4 Å². The molecule has 3 rings (SSSR count). The molecule has 0 spiro atoms. The zero-order chi connectivity index (χ0) is 20.5. The van der Waals surface area contributed by atoms with Crippen LogP contribution in [0.3, 0.4) is 0 Å². The molecule has 1 aliphatic heterocycles. The number of amides is 1. The summed E-state index contributed by atoms with van der Waals surface area (Å²) in [6.07, 6.45) is 1.60. The minimum absolute atomic E-state index is 0.287. The van der Waals surface area contributed by atoms with Crippen molar-refractivity contribution in [3.63, 3.8) is 0 Å². The Bertz CT molecular complexity index is 982. The third-order valence-electron chi connectivity index (χ3n) is 4.39. The van der Waals surface area contributed by atoms with Gasteiger partial charge in [-0.25, -0.2) is 4.39 Å². The second-order valence-corrected chi connectivity index (χ2v) is 7.29. The summed E-state index contributed by atoms with van der Waals surface area (Å²) in [4.78, 5) is 12.4. The molecule has 0 unspecified atom stereocenters. The fraction of sp³-hybridized carbons (Fsp3) is 0.227. The summed E-state index contributed by atoms with van der Waals surface area (Å²) in [6, 6.07) is 9.28. The molecule has 1 N–H and O–H groups in total. The molecule has 4 nitrogen and oxygen atoms in total. The predicted octanol–water partition coefficient (Wildman–Crippen LogP) is 5.68. The molecule has 0 fully saturated rings. The average molecular weight is 402 g/mol. The molecule has 1 amide bonds. The Balaban J connectivity index is 2.02. The lowest BCUT2D eigenvalue weighted by Gasteiger charge is -2.29. The van der Waals surface area contributed by atoms with Gasteiger partial charge in [-0.2, -0.15) is 0 Å².